The van der Waals surface area contributed by atoms with Crippen LogP contribution in [-0.2, 0) is 5.75 Å². The summed E-state index contributed by atoms with van der Waals surface area (Å²) in [6, 6.07) is 1.74. The fourth-order valence-corrected chi connectivity index (χ4v) is 1.37. The van der Waals surface area contributed by atoms with E-state index in [-0.39, 0.29) is 0 Å². The minimum absolute atomic E-state index is 0.388. The molecule has 2 N–H and O–H groups in total. The summed E-state index contributed by atoms with van der Waals surface area (Å²) < 4.78 is 4.67. The number of primary amides is 1. The molecule has 0 aliphatic rings. The predicted molar refractivity (Wildman–Crippen MR) is 51.7 cm³/mol. The van der Waals surface area contributed by atoms with Crippen molar-refractivity contribution in [3.63, 3.8) is 0 Å². The Balaban J connectivity index is 2.73. The van der Waals surface area contributed by atoms with E-state index in [2.05, 4.69) is 9.72 Å². The van der Waals surface area contributed by atoms with E-state index in [1.165, 1.54) is 6.20 Å². The van der Waals surface area contributed by atoms with Crippen LogP contribution >= 0.6 is 11.8 Å². The number of pyridine rings is 1. The molecule has 1 aromatic rings. The molecule has 0 fully saturated rings. The van der Waals surface area contributed by atoms with Crippen molar-refractivity contribution < 1.29 is 9.53 Å². The lowest BCUT2D eigenvalue weighted by atomic mass is 10.3. The van der Waals surface area contributed by atoms with Gasteiger partial charge in [-0.1, -0.05) is 0 Å². The van der Waals surface area contributed by atoms with Crippen LogP contribution in [0.3, 0.4) is 0 Å². The second kappa shape index (κ2) is 4.71. The molecule has 4 nitrogen and oxygen atoms in total. The second-order valence-corrected chi connectivity index (χ2v) is 3.25. The average molecular weight is 198 g/mol. The highest BCUT2D eigenvalue weighted by Gasteiger charge is 2.00. The first-order valence-corrected chi connectivity index (χ1v) is 5.02. The Morgan fingerprint density at radius 2 is 2.46 bits per heavy atom. The third kappa shape index (κ3) is 3.33. The van der Waals surface area contributed by atoms with Gasteiger partial charge in [-0.15, -0.1) is 0 Å². The van der Waals surface area contributed by atoms with E-state index < -0.39 is 6.09 Å². The highest BCUT2D eigenvalue weighted by molar-refractivity contribution is 7.97. The van der Waals surface area contributed by atoms with Crippen molar-refractivity contribution in [2.24, 2.45) is 5.73 Å². The maximum absolute atomic E-state index is 10.4. The minimum atomic E-state index is -0.817. The summed E-state index contributed by atoms with van der Waals surface area (Å²) in [6.07, 6.45) is 4.35. The number of hydrogen-bond acceptors (Lipinski definition) is 4. The molecule has 70 valence electrons. The lowest BCUT2D eigenvalue weighted by Crippen LogP contribution is -2.16. The zero-order valence-corrected chi connectivity index (χ0v) is 8.00. The van der Waals surface area contributed by atoms with Gasteiger partial charge in [0.2, 0.25) is 0 Å². The van der Waals surface area contributed by atoms with Gasteiger partial charge in [-0.2, -0.15) is 11.8 Å². The van der Waals surface area contributed by atoms with E-state index in [4.69, 9.17) is 5.73 Å². The van der Waals surface area contributed by atoms with Crippen LogP contribution < -0.4 is 10.5 Å². The number of amides is 1. The number of carbonyl (C=O) groups excluding carboxylic acids is 1. The molecule has 0 spiro atoms. The molecule has 5 heteroatoms. The Morgan fingerprint density at radius 1 is 1.69 bits per heavy atom. The first-order valence-electron chi connectivity index (χ1n) is 3.62. The molecular weight excluding hydrogens is 188 g/mol. The number of nitrogens with two attached hydrogens (primary N) is 1. The van der Waals surface area contributed by atoms with Crippen molar-refractivity contribution in [2.45, 2.75) is 5.75 Å². The van der Waals surface area contributed by atoms with E-state index >= 15 is 0 Å². The van der Waals surface area contributed by atoms with Gasteiger partial charge in [0, 0.05) is 11.9 Å². The number of hydrogen-bond donors (Lipinski definition) is 1. The molecule has 0 atom stereocenters. The molecule has 0 aliphatic heterocycles. The first-order chi connectivity index (χ1) is 6.22. The largest absolute Gasteiger partial charge is 0.410 e. The molecular formula is C8H10N2O2S. The van der Waals surface area contributed by atoms with Crippen LogP contribution in [0, 0.1) is 0 Å². The summed E-state index contributed by atoms with van der Waals surface area (Å²) in [4.78, 5) is 14.3. The molecule has 0 aliphatic carbocycles. The van der Waals surface area contributed by atoms with E-state index in [1.54, 1.807) is 24.0 Å². The third-order valence-corrected chi connectivity index (χ3v) is 1.92. The molecule has 1 heterocycles. The molecule has 1 rings (SSSR count). The SMILES string of the molecule is CSCc1cncc(OC(N)=O)c1. The van der Waals surface area contributed by atoms with Crippen LogP contribution in [0.15, 0.2) is 18.5 Å². The van der Waals surface area contributed by atoms with Crippen LogP contribution in [0.25, 0.3) is 0 Å². The normalized spacial score (nSPS) is 9.62. The third-order valence-electron chi connectivity index (χ3n) is 1.30. The highest BCUT2D eigenvalue weighted by Crippen LogP contribution is 2.14. The molecule has 0 unspecified atom stereocenters. The maximum Gasteiger partial charge on any atom is 0.410 e. The number of nitrogens with zero attached hydrogens (tertiary/aromatic N) is 1. The van der Waals surface area contributed by atoms with Gasteiger partial charge in [0.25, 0.3) is 0 Å². The topological polar surface area (TPSA) is 65.2 Å². The van der Waals surface area contributed by atoms with Crippen LogP contribution in [0.1, 0.15) is 5.56 Å². The molecule has 0 bridgehead atoms. The summed E-state index contributed by atoms with van der Waals surface area (Å²) >= 11 is 1.67. The molecule has 1 aromatic heterocycles. The first kappa shape index (κ1) is 9.85. The smallest absolute Gasteiger partial charge is 0.409 e. The number of ether oxygens (including phenoxy) is 1. The van der Waals surface area contributed by atoms with Crippen molar-refractivity contribution in [3.8, 4) is 5.75 Å². The Kier molecular flexibility index (Phi) is 3.57. The van der Waals surface area contributed by atoms with Crippen molar-refractivity contribution in [1.82, 2.24) is 4.98 Å². The maximum atomic E-state index is 10.4. The van der Waals surface area contributed by atoms with Crippen LogP contribution in [0.4, 0.5) is 4.79 Å². The van der Waals surface area contributed by atoms with E-state index in [0.717, 1.165) is 11.3 Å². The quantitative estimate of drug-likeness (QED) is 0.797. The second-order valence-electron chi connectivity index (χ2n) is 2.38. The Morgan fingerprint density at radius 3 is 3.08 bits per heavy atom. The molecule has 13 heavy (non-hydrogen) atoms. The predicted octanol–water partition coefficient (Wildman–Crippen LogP) is 1.40. The van der Waals surface area contributed by atoms with Gasteiger partial charge in [0.05, 0.1) is 6.20 Å². The molecule has 0 radical (unpaired) electrons. The average Bonchev–Trinajstić information content (AvgIpc) is 2.04. The van der Waals surface area contributed by atoms with Gasteiger partial charge in [-0.3, -0.25) is 4.98 Å². The van der Waals surface area contributed by atoms with Crippen molar-refractivity contribution >= 4 is 17.9 Å². The zero-order chi connectivity index (χ0) is 9.68. The standard InChI is InChI=1S/C8H10N2O2S/c1-13-5-6-2-7(4-10-3-6)12-8(9)11/h2-4H,5H2,1H3,(H2,9,11). The van der Waals surface area contributed by atoms with Gasteiger partial charge < -0.3 is 10.5 Å². The van der Waals surface area contributed by atoms with Crippen LogP contribution in [0.5, 0.6) is 5.75 Å². The van der Waals surface area contributed by atoms with Crippen molar-refractivity contribution in [1.29, 1.82) is 0 Å². The number of rotatable bonds is 3. The van der Waals surface area contributed by atoms with E-state index in [1.807, 2.05) is 6.26 Å². The minimum Gasteiger partial charge on any atom is -0.409 e. The van der Waals surface area contributed by atoms with Crippen molar-refractivity contribution in [3.05, 3.63) is 24.0 Å². The number of carbonyl (C=O) groups is 1. The monoisotopic (exact) mass is 198 g/mol. The van der Waals surface area contributed by atoms with Crippen molar-refractivity contribution in [2.75, 3.05) is 6.26 Å². The summed E-state index contributed by atoms with van der Waals surface area (Å²) in [5.41, 5.74) is 5.86. The fraction of sp³-hybridized carbons (Fsp3) is 0.250. The van der Waals surface area contributed by atoms with Gasteiger partial charge in [-0.05, 0) is 17.9 Å². The Bertz CT molecular complexity index is 304. The Labute approximate surface area is 80.5 Å². The highest BCUT2D eigenvalue weighted by atomic mass is 32.2. The molecule has 0 saturated carbocycles. The van der Waals surface area contributed by atoms with E-state index in [9.17, 15) is 4.79 Å². The summed E-state index contributed by atoms with van der Waals surface area (Å²) in [5.74, 6) is 1.22. The summed E-state index contributed by atoms with van der Waals surface area (Å²) in [5, 5.41) is 0. The number of thioether (sulfide) groups is 1. The van der Waals surface area contributed by atoms with Gasteiger partial charge in [-0.25, -0.2) is 4.79 Å². The lowest BCUT2D eigenvalue weighted by Gasteiger charge is -2.01. The molecule has 0 saturated heterocycles. The summed E-state index contributed by atoms with van der Waals surface area (Å²) in [6.45, 7) is 0. The van der Waals surface area contributed by atoms with Crippen LogP contribution in [-0.4, -0.2) is 17.3 Å². The summed E-state index contributed by atoms with van der Waals surface area (Å²) in [7, 11) is 0. The molecule has 1 amide bonds. The van der Waals surface area contributed by atoms with Gasteiger partial charge in [0.1, 0.15) is 0 Å². The van der Waals surface area contributed by atoms with E-state index in [0.29, 0.717) is 5.75 Å². The van der Waals surface area contributed by atoms with Gasteiger partial charge >= 0.3 is 6.09 Å². The molecule has 0 aromatic carbocycles. The number of aromatic nitrogens is 1. The van der Waals surface area contributed by atoms with Gasteiger partial charge in [0.15, 0.2) is 5.75 Å². The fourth-order valence-electron chi connectivity index (χ4n) is 0.881. The zero-order valence-electron chi connectivity index (χ0n) is 7.19. The Hall–Kier alpha value is -1.23. The van der Waals surface area contributed by atoms with Crippen LogP contribution in [0.2, 0.25) is 0 Å². The lowest BCUT2D eigenvalue weighted by molar-refractivity contribution is 0.210.